The first kappa shape index (κ1) is 81.3. The predicted octanol–water partition coefficient (Wildman–Crippen LogP) is 7.46. The quantitative estimate of drug-likeness (QED) is 0.00793. The number of rotatable bonds is 32. The predicted molar refractivity (Wildman–Crippen MR) is 365 cm³/mol. The summed E-state index contributed by atoms with van der Waals surface area (Å²) in [5, 5.41) is 15.8. The monoisotopic (exact) mass is 1390 g/mol. The molecule has 99 heavy (non-hydrogen) atoms. The molecule has 28 nitrogen and oxygen atoms in total. The van der Waals surface area contributed by atoms with Crippen molar-refractivity contribution in [2.75, 3.05) is 106 Å². The summed E-state index contributed by atoms with van der Waals surface area (Å²) in [5.41, 5.74) is 6.96. The Hall–Kier alpha value is -10.2. The second-order valence-corrected chi connectivity index (χ2v) is 21.5. The van der Waals surface area contributed by atoms with Gasteiger partial charge in [-0.1, -0.05) is 0 Å². The van der Waals surface area contributed by atoms with Gasteiger partial charge in [0.25, 0.3) is 10.9 Å². The highest BCUT2D eigenvalue weighted by Gasteiger charge is 2.27. The molecule has 0 radical (unpaired) electrons. The summed E-state index contributed by atoms with van der Waals surface area (Å²) in [6, 6.07) is 28.9. The Morgan fingerprint density at radius 1 is 0.434 bits per heavy atom. The first-order valence-corrected chi connectivity index (χ1v) is 31.6. The number of carbonyl (C=O) groups is 8. The number of Topliss-reactive ketones (excluding diaryl/α,β-unsaturated/α-hetero) is 2. The van der Waals surface area contributed by atoms with Gasteiger partial charge in [-0.15, -0.1) is 0 Å². The van der Waals surface area contributed by atoms with Crippen LogP contribution in [0.4, 0.5) is 0 Å². The number of nitrogens with one attached hydrogen (secondary N) is 2. The number of aliphatic hydroxyl groups excluding tert-OH is 2. The van der Waals surface area contributed by atoms with E-state index in [0.717, 1.165) is 22.8 Å². The molecule has 9 rings (SSSR count). The molecule has 0 aliphatic carbocycles. The van der Waals surface area contributed by atoms with Crippen LogP contribution in [0.3, 0.4) is 0 Å². The van der Waals surface area contributed by atoms with E-state index in [-0.39, 0.29) is 84.2 Å². The Kier molecular flexibility index (Phi) is 37.2. The van der Waals surface area contributed by atoms with E-state index < -0.39 is 35.1 Å². The second kappa shape index (κ2) is 45.4. The number of hydrogen-bond acceptors (Lipinski definition) is 20. The number of aromatic nitrogens is 8. The van der Waals surface area contributed by atoms with Crippen molar-refractivity contribution >= 4 is 58.3 Å². The molecule has 0 unspecified atom stereocenters. The van der Waals surface area contributed by atoms with Crippen molar-refractivity contribution < 1.29 is 91.2 Å². The molecule has 8 aromatic rings. The minimum absolute atomic E-state index is 0.0116. The number of hydrogen-bond donors (Lipinski definition) is 4. The van der Waals surface area contributed by atoms with Crippen molar-refractivity contribution in [3.05, 3.63) is 192 Å². The Morgan fingerprint density at radius 2 is 0.808 bits per heavy atom. The lowest BCUT2D eigenvalue weighted by Crippen LogP contribution is -2.20. The summed E-state index contributed by atoms with van der Waals surface area (Å²) in [7, 11) is 12.5. The van der Waals surface area contributed by atoms with Crippen LogP contribution < -0.4 is 0 Å². The zero-order valence-electron chi connectivity index (χ0n) is 57.2. The summed E-state index contributed by atoms with van der Waals surface area (Å²) in [6.45, 7) is 6.25. The van der Waals surface area contributed by atoms with Gasteiger partial charge in [-0.05, 0) is 122 Å². The van der Waals surface area contributed by atoms with E-state index >= 15 is 0 Å². The lowest BCUT2D eigenvalue weighted by atomic mass is 10.2. The van der Waals surface area contributed by atoms with E-state index in [0.29, 0.717) is 79.1 Å². The number of likely N-dealkylation sites (N-methyl/N-ethyl adjacent to an activating group) is 1. The molecule has 0 saturated carbocycles. The molecule has 29 heteroatoms. The fraction of sp³-hybridized carbons (Fsp3) is 0.371. The first-order chi connectivity index (χ1) is 47.6. The van der Waals surface area contributed by atoms with E-state index in [2.05, 4.69) is 20.8 Å². The summed E-state index contributed by atoms with van der Waals surface area (Å²) < 4.78 is 56.5. The number of allylic oxidation sites excluding steroid dienone is 2. The number of H-pyrrole nitrogens is 2. The Morgan fingerprint density at radius 3 is 1.13 bits per heavy atom. The topological polar surface area (TPSA) is 324 Å². The van der Waals surface area contributed by atoms with Gasteiger partial charge in [0.2, 0.25) is 0 Å². The number of esters is 5. The third-order valence-corrected chi connectivity index (χ3v) is 14.0. The maximum atomic E-state index is 12.4. The lowest BCUT2D eigenvalue weighted by molar-refractivity contribution is -0.142. The van der Waals surface area contributed by atoms with Gasteiger partial charge in [-0.25, -0.2) is 28.9 Å². The number of nitrogens with zero attached hydrogens (tertiary/aromatic N) is 7. The molecule has 0 fully saturated rings. The number of ketones is 2. The molecule has 8 aromatic heterocycles. The molecule has 9 heterocycles. The van der Waals surface area contributed by atoms with Crippen LogP contribution in [0.5, 0.6) is 0 Å². The fourth-order valence-corrected chi connectivity index (χ4v) is 8.87. The van der Waals surface area contributed by atoms with Crippen molar-refractivity contribution in [1.82, 2.24) is 42.3 Å². The standard InChI is InChI=1S/C24H29N3O5.C16H20N2O5.C16H19N2O5.C6H6ClNO.C4H5N.C4H10O3/c1-16(28)6-5-13-31-14-15-32-24(30)23-12-11-22(27(23)4)19-8-7-18(25-19)21-10-9-20(17(2)29)26(21)3;2*1-17-7-3-5-13(17)15(19)22-11-9-21-10-12-23-16(20)14-6-4-8-18(14)2;1-8-4-2-3-5(8)6(7)9;1-2-4-5-3-1;5-1-3-7-4-2-6/h7-12,25H,5-6,13-15H2,1-4H3;3-8H,9-12H2,1-2H3;3,5-8H,9-12H2,1-2H3;2-4H,1H3;1-5H;5-6H,1-4H2/q;;+1;;;. The maximum absolute atomic E-state index is 12.4. The molecule has 534 valence electrons. The molecule has 0 saturated heterocycles. The van der Waals surface area contributed by atoms with E-state index in [4.69, 9.17) is 59.7 Å². The van der Waals surface area contributed by atoms with Crippen molar-refractivity contribution in [2.45, 2.75) is 26.7 Å². The summed E-state index contributed by atoms with van der Waals surface area (Å²) in [5.74, 6) is -1.88. The van der Waals surface area contributed by atoms with Gasteiger partial charge in [0.1, 0.15) is 73.4 Å². The molecular formula is C70H89ClN9O19+. The minimum Gasteiger partial charge on any atom is -0.459 e. The third kappa shape index (κ3) is 28.8. The minimum atomic E-state index is -0.425. The van der Waals surface area contributed by atoms with Gasteiger partial charge in [0.15, 0.2) is 18.1 Å². The summed E-state index contributed by atoms with van der Waals surface area (Å²) in [6.07, 6.45) is 18.0. The average Bonchev–Trinajstić information content (AvgIpc) is 1.65. The van der Waals surface area contributed by atoms with E-state index in [9.17, 15) is 38.4 Å². The highest BCUT2D eigenvalue weighted by atomic mass is 35.5. The Balaban J connectivity index is 0.000000277. The molecule has 0 bridgehead atoms. The van der Waals surface area contributed by atoms with Gasteiger partial charge in [0, 0.05) is 106 Å². The van der Waals surface area contributed by atoms with Gasteiger partial charge >= 0.3 is 29.8 Å². The number of aromatic amines is 2. The number of carbonyl (C=O) groups excluding carboxylic acids is 8. The van der Waals surface area contributed by atoms with Crippen molar-refractivity contribution in [2.24, 2.45) is 42.3 Å². The molecule has 0 amide bonds. The number of ether oxygens (including phenoxy) is 9. The molecule has 0 atom stereocenters. The maximum Gasteiger partial charge on any atom is 0.442 e. The number of aliphatic hydroxyl groups is 2. The third-order valence-electron chi connectivity index (χ3n) is 13.8. The summed E-state index contributed by atoms with van der Waals surface area (Å²) >= 11 is 5.19. The van der Waals surface area contributed by atoms with Gasteiger partial charge < -0.3 is 95.0 Å². The molecule has 0 spiro atoms. The Bertz CT molecular complexity index is 3720. The van der Waals surface area contributed by atoms with Crippen LogP contribution in [0, 0.1) is 6.08 Å². The van der Waals surface area contributed by atoms with Crippen LogP contribution in [0.15, 0.2) is 152 Å². The van der Waals surface area contributed by atoms with Crippen molar-refractivity contribution in [3.8, 4) is 22.8 Å². The van der Waals surface area contributed by atoms with Gasteiger partial charge in [0.05, 0.1) is 87.9 Å². The molecule has 1 aliphatic rings. The van der Waals surface area contributed by atoms with Crippen LogP contribution in [0.2, 0.25) is 0 Å². The zero-order valence-corrected chi connectivity index (χ0v) is 58.0. The van der Waals surface area contributed by atoms with E-state index in [1.807, 2.05) is 66.5 Å². The van der Waals surface area contributed by atoms with Crippen LogP contribution in [-0.4, -0.2) is 205 Å². The Labute approximate surface area is 579 Å². The average molecular weight is 1400 g/mol. The summed E-state index contributed by atoms with van der Waals surface area (Å²) in [4.78, 5) is 100. The fourth-order valence-electron chi connectivity index (χ4n) is 8.68. The molecular weight excluding hydrogens is 1310 g/mol. The van der Waals surface area contributed by atoms with Gasteiger partial charge in [-0.3, -0.25) is 9.59 Å². The highest BCUT2D eigenvalue weighted by Crippen LogP contribution is 2.27. The SMILES string of the molecule is CC(=O)CCCOCCOC(=O)c1ccc(-c2ccc(-c3ccc(C(C)=O)n3C)[nH]2)n1C.CN1C=[C+]C=C1C(=O)OCCOCCOC(=O)c1cccn1C.Cn1cccc1C(=O)Cl.Cn1cccc1C(=O)OCCOCCOC(=O)c1cccn1C.OCCOCCO.c1cc[nH]c1. The molecule has 1 aliphatic heterocycles. The van der Waals surface area contributed by atoms with Crippen LogP contribution in [0.1, 0.15) is 89.6 Å². The second-order valence-electron chi connectivity index (χ2n) is 21.2. The lowest BCUT2D eigenvalue weighted by Gasteiger charge is -2.08. The largest absolute Gasteiger partial charge is 0.459 e. The molecule has 4 N–H and O–H groups in total. The molecule has 0 aromatic carbocycles. The van der Waals surface area contributed by atoms with E-state index in [1.54, 1.807) is 176 Å². The zero-order chi connectivity index (χ0) is 72.5. The number of aryl methyl sites for hydroxylation is 4. The van der Waals surface area contributed by atoms with E-state index in [1.165, 1.54) is 0 Å². The van der Waals surface area contributed by atoms with Crippen molar-refractivity contribution in [3.63, 3.8) is 0 Å². The normalized spacial score (nSPS) is 10.9. The van der Waals surface area contributed by atoms with Crippen molar-refractivity contribution in [1.29, 1.82) is 0 Å². The number of halogens is 1. The highest BCUT2D eigenvalue weighted by molar-refractivity contribution is 6.67. The van der Waals surface area contributed by atoms with Gasteiger partial charge in [-0.2, -0.15) is 0 Å². The van der Waals surface area contributed by atoms with Crippen LogP contribution in [-0.2, 0) is 94.5 Å². The van der Waals surface area contributed by atoms with Crippen LogP contribution >= 0.6 is 11.6 Å². The van der Waals surface area contributed by atoms with Crippen LogP contribution in [0.25, 0.3) is 22.8 Å². The first-order valence-electron chi connectivity index (χ1n) is 31.3. The smallest absolute Gasteiger partial charge is 0.442 e.